The topological polar surface area (TPSA) is 69.6 Å². The van der Waals surface area contributed by atoms with Crippen LogP contribution < -0.4 is 10.1 Å². The van der Waals surface area contributed by atoms with Crippen LogP contribution in [0.5, 0.6) is 5.75 Å². The van der Waals surface area contributed by atoms with Gasteiger partial charge in [-0.15, -0.1) is 0 Å². The minimum Gasteiger partial charge on any atom is -0.494 e. The number of ketones is 1. The monoisotopic (exact) mass is 444 g/mol. The maximum atomic E-state index is 12.2. The highest BCUT2D eigenvalue weighted by Gasteiger charge is 2.11. The number of unbranched alkanes of at least 4 members (excludes halogenated alkanes) is 2. The van der Waals surface area contributed by atoms with E-state index in [2.05, 4.69) is 17.4 Å². The van der Waals surface area contributed by atoms with Crippen LogP contribution in [0.2, 0.25) is 0 Å². The van der Waals surface area contributed by atoms with Gasteiger partial charge in [0.2, 0.25) is 0 Å². The second-order valence-corrected chi connectivity index (χ2v) is 7.94. The van der Waals surface area contributed by atoms with Gasteiger partial charge in [-0.2, -0.15) is 0 Å². The maximum absolute atomic E-state index is 12.2. The Kier molecular flexibility index (Phi) is 7.25. The molecule has 6 nitrogen and oxygen atoms in total. The zero-order valence-corrected chi connectivity index (χ0v) is 18.8. The SMILES string of the molecule is CC(=O)c1ccc(OCCCCCNC(=O)OCn2c3ccccc3c3ccccc32)cc1. The van der Waals surface area contributed by atoms with Gasteiger partial charge < -0.3 is 19.4 Å². The van der Waals surface area contributed by atoms with Crippen molar-refractivity contribution in [3.63, 3.8) is 0 Å². The van der Waals surface area contributed by atoms with Gasteiger partial charge in [-0.25, -0.2) is 4.79 Å². The molecule has 0 saturated heterocycles. The molecular formula is C27H28N2O4. The third-order valence-corrected chi connectivity index (χ3v) is 5.62. The van der Waals surface area contributed by atoms with Gasteiger partial charge in [0, 0.05) is 22.9 Å². The Morgan fingerprint density at radius 2 is 1.45 bits per heavy atom. The first-order valence-corrected chi connectivity index (χ1v) is 11.2. The number of carbonyl (C=O) groups excluding carboxylic acids is 2. The molecule has 1 aromatic heterocycles. The molecule has 170 valence electrons. The van der Waals surface area contributed by atoms with E-state index < -0.39 is 6.09 Å². The van der Waals surface area contributed by atoms with Crippen molar-refractivity contribution in [2.75, 3.05) is 13.2 Å². The predicted octanol–water partition coefficient (Wildman–Crippen LogP) is 5.93. The second-order valence-electron chi connectivity index (χ2n) is 7.94. The number of fused-ring (bicyclic) bond motifs is 3. The normalized spacial score (nSPS) is 10.9. The third-order valence-electron chi connectivity index (χ3n) is 5.62. The van der Waals surface area contributed by atoms with E-state index in [9.17, 15) is 9.59 Å². The van der Waals surface area contributed by atoms with Gasteiger partial charge in [-0.05, 0) is 62.6 Å². The van der Waals surface area contributed by atoms with Crippen molar-refractivity contribution < 1.29 is 19.1 Å². The lowest BCUT2D eigenvalue weighted by molar-refractivity contribution is 0.101. The highest BCUT2D eigenvalue weighted by Crippen LogP contribution is 2.28. The van der Waals surface area contributed by atoms with Crippen LogP contribution in [0, 0.1) is 0 Å². The van der Waals surface area contributed by atoms with Gasteiger partial charge in [0.15, 0.2) is 12.5 Å². The van der Waals surface area contributed by atoms with Gasteiger partial charge in [0.05, 0.1) is 17.6 Å². The number of hydrogen-bond acceptors (Lipinski definition) is 4. The molecule has 33 heavy (non-hydrogen) atoms. The van der Waals surface area contributed by atoms with E-state index in [4.69, 9.17) is 9.47 Å². The number of rotatable bonds is 10. The van der Waals surface area contributed by atoms with Gasteiger partial charge in [-0.3, -0.25) is 4.79 Å². The molecule has 0 aliphatic carbocycles. The molecule has 0 fully saturated rings. The molecule has 0 unspecified atom stereocenters. The smallest absolute Gasteiger partial charge is 0.408 e. The minimum atomic E-state index is -0.418. The predicted molar refractivity (Wildman–Crippen MR) is 130 cm³/mol. The Hall–Kier alpha value is -3.80. The maximum Gasteiger partial charge on any atom is 0.408 e. The standard InChI is InChI=1S/C27H28N2O4/c1-20(30)21-13-15-22(16-14-21)32-18-8-2-7-17-28-27(31)33-19-29-25-11-5-3-9-23(25)24-10-4-6-12-26(24)29/h3-6,9-16H,2,7-8,17-19H2,1H3,(H,28,31). The number of nitrogens with one attached hydrogen (secondary N) is 1. The summed E-state index contributed by atoms with van der Waals surface area (Å²) in [6, 6.07) is 23.4. The molecular weight excluding hydrogens is 416 g/mol. The number of para-hydroxylation sites is 2. The fourth-order valence-corrected chi connectivity index (χ4v) is 3.89. The highest BCUT2D eigenvalue weighted by atomic mass is 16.6. The van der Waals surface area contributed by atoms with E-state index in [1.54, 1.807) is 19.1 Å². The van der Waals surface area contributed by atoms with E-state index in [0.717, 1.165) is 46.8 Å². The van der Waals surface area contributed by atoms with Gasteiger partial charge in [-0.1, -0.05) is 36.4 Å². The van der Waals surface area contributed by atoms with Crippen molar-refractivity contribution >= 4 is 33.7 Å². The Bertz CT molecular complexity index is 1190. The van der Waals surface area contributed by atoms with Crippen LogP contribution in [-0.2, 0) is 11.5 Å². The Morgan fingerprint density at radius 1 is 0.818 bits per heavy atom. The number of alkyl carbamates (subject to hydrolysis) is 1. The molecule has 0 radical (unpaired) electrons. The molecule has 0 atom stereocenters. The summed E-state index contributed by atoms with van der Waals surface area (Å²) in [5.41, 5.74) is 2.77. The van der Waals surface area contributed by atoms with Crippen LogP contribution in [0.15, 0.2) is 72.8 Å². The van der Waals surface area contributed by atoms with Crippen LogP contribution in [0.4, 0.5) is 4.79 Å². The summed E-state index contributed by atoms with van der Waals surface area (Å²) in [6.45, 7) is 2.86. The summed E-state index contributed by atoms with van der Waals surface area (Å²) < 4.78 is 13.2. The molecule has 1 N–H and O–H groups in total. The number of Topliss-reactive ketones (excluding diaryl/α,β-unsaturated/α-hetero) is 1. The van der Waals surface area contributed by atoms with Crippen molar-refractivity contribution in [3.05, 3.63) is 78.4 Å². The number of ether oxygens (including phenoxy) is 2. The van der Waals surface area contributed by atoms with Crippen LogP contribution in [0.25, 0.3) is 21.8 Å². The summed E-state index contributed by atoms with van der Waals surface area (Å²) in [5.74, 6) is 0.800. The summed E-state index contributed by atoms with van der Waals surface area (Å²) in [7, 11) is 0. The molecule has 4 rings (SSSR count). The average molecular weight is 445 g/mol. The van der Waals surface area contributed by atoms with E-state index >= 15 is 0 Å². The summed E-state index contributed by atoms with van der Waals surface area (Å²) in [6.07, 6.45) is 2.24. The largest absolute Gasteiger partial charge is 0.494 e. The van der Waals surface area contributed by atoms with E-state index in [1.807, 2.05) is 53.1 Å². The summed E-state index contributed by atoms with van der Waals surface area (Å²) in [4.78, 5) is 23.5. The molecule has 4 aromatic rings. The van der Waals surface area contributed by atoms with Crippen molar-refractivity contribution in [1.29, 1.82) is 0 Å². The molecule has 0 aliphatic heterocycles. The number of carbonyl (C=O) groups is 2. The number of hydrogen-bond donors (Lipinski definition) is 1. The lowest BCUT2D eigenvalue weighted by atomic mass is 10.1. The number of amides is 1. The van der Waals surface area contributed by atoms with E-state index in [1.165, 1.54) is 0 Å². The van der Waals surface area contributed by atoms with E-state index in [-0.39, 0.29) is 12.5 Å². The summed E-state index contributed by atoms with van der Waals surface area (Å²) in [5, 5.41) is 5.11. The minimum absolute atomic E-state index is 0.0441. The molecule has 1 amide bonds. The zero-order chi connectivity index (χ0) is 23.0. The first-order valence-electron chi connectivity index (χ1n) is 11.2. The molecule has 0 spiro atoms. The van der Waals surface area contributed by atoms with Crippen molar-refractivity contribution in [2.24, 2.45) is 0 Å². The Labute approximate surface area is 193 Å². The van der Waals surface area contributed by atoms with Crippen LogP contribution in [0.1, 0.15) is 36.5 Å². The van der Waals surface area contributed by atoms with Gasteiger partial charge >= 0.3 is 6.09 Å². The molecule has 6 heteroatoms. The highest BCUT2D eigenvalue weighted by molar-refractivity contribution is 6.07. The second kappa shape index (κ2) is 10.7. The van der Waals surface area contributed by atoms with Crippen molar-refractivity contribution in [1.82, 2.24) is 9.88 Å². The molecule has 0 aliphatic rings. The fraction of sp³-hybridized carbons (Fsp3) is 0.259. The number of benzene rings is 3. The Balaban J connectivity index is 1.16. The average Bonchev–Trinajstić information content (AvgIpc) is 3.16. The molecule has 3 aromatic carbocycles. The van der Waals surface area contributed by atoms with Crippen molar-refractivity contribution in [2.45, 2.75) is 32.9 Å². The van der Waals surface area contributed by atoms with Crippen LogP contribution in [-0.4, -0.2) is 29.6 Å². The van der Waals surface area contributed by atoms with Gasteiger partial charge in [0.1, 0.15) is 5.75 Å². The number of aromatic nitrogens is 1. The quantitative estimate of drug-likeness (QED) is 0.243. The zero-order valence-electron chi connectivity index (χ0n) is 18.8. The Morgan fingerprint density at radius 3 is 2.09 bits per heavy atom. The lowest BCUT2D eigenvalue weighted by Gasteiger charge is -2.10. The van der Waals surface area contributed by atoms with Crippen LogP contribution in [0.3, 0.4) is 0 Å². The van der Waals surface area contributed by atoms with E-state index in [0.29, 0.717) is 18.7 Å². The van der Waals surface area contributed by atoms with Crippen LogP contribution >= 0.6 is 0 Å². The first kappa shape index (κ1) is 22.4. The number of nitrogens with zero attached hydrogens (tertiary/aromatic N) is 1. The lowest BCUT2D eigenvalue weighted by Crippen LogP contribution is -2.26. The molecule has 0 bridgehead atoms. The molecule has 1 heterocycles. The molecule has 0 saturated carbocycles. The van der Waals surface area contributed by atoms with Crippen molar-refractivity contribution in [3.8, 4) is 5.75 Å². The fourth-order valence-electron chi connectivity index (χ4n) is 3.89. The first-order chi connectivity index (χ1) is 16.1. The third kappa shape index (κ3) is 5.52. The van der Waals surface area contributed by atoms with Gasteiger partial charge in [0.25, 0.3) is 0 Å². The summed E-state index contributed by atoms with van der Waals surface area (Å²) >= 11 is 0.